The van der Waals surface area contributed by atoms with Crippen LogP contribution in [0.3, 0.4) is 0 Å². The van der Waals surface area contributed by atoms with E-state index in [0.29, 0.717) is 0 Å². The molecule has 1 heteroatoms. The van der Waals surface area contributed by atoms with E-state index in [1.54, 1.807) is 0 Å². The van der Waals surface area contributed by atoms with E-state index in [4.69, 9.17) is 0 Å². The average molecular weight is 399 g/mol. The molecule has 1 N–H and O–H groups in total. The molecule has 0 saturated heterocycles. The van der Waals surface area contributed by atoms with Gasteiger partial charge in [0, 0.05) is 11.3 Å². The predicted octanol–water partition coefficient (Wildman–Crippen LogP) is 7.55. The number of hydrogen-bond acceptors (Lipinski definition) is 1. The van der Waals surface area contributed by atoms with Crippen molar-refractivity contribution in [1.29, 1.82) is 0 Å². The standard InChI is InChI=1S/C29H34O/c1-5-22-23(6-2)25(8-4)29(24(22)7-3)26-17-13-12-14-20(26)18-19-27(29)28(30)21-15-10-9-11-16-21/h9-19,27-28,30H,5-8H2,1-4H3. The third kappa shape index (κ3) is 2.87. The van der Waals surface area contributed by atoms with Crippen LogP contribution in [0.25, 0.3) is 6.08 Å². The van der Waals surface area contributed by atoms with E-state index in [1.165, 1.54) is 33.4 Å². The smallest absolute Gasteiger partial charge is 0.0867 e. The minimum Gasteiger partial charge on any atom is -0.388 e. The molecule has 30 heavy (non-hydrogen) atoms. The van der Waals surface area contributed by atoms with Crippen molar-refractivity contribution in [2.24, 2.45) is 5.92 Å². The first-order valence-corrected chi connectivity index (χ1v) is 11.6. The van der Waals surface area contributed by atoms with E-state index in [1.807, 2.05) is 18.2 Å². The molecule has 156 valence electrons. The summed E-state index contributed by atoms with van der Waals surface area (Å²) >= 11 is 0. The molecule has 0 radical (unpaired) electrons. The normalized spacial score (nSPS) is 20.8. The summed E-state index contributed by atoms with van der Waals surface area (Å²) in [7, 11) is 0. The fourth-order valence-electron chi connectivity index (χ4n) is 6.32. The van der Waals surface area contributed by atoms with Crippen LogP contribution < -0.4 is 0 Å². The number of aliphatic hydroxyl groups is 1. The second-order valence-corrected chi connectivity index (χ2v) is 8.46. The van der Waals surface area contributed by atoms with Crippen LogP contribution in [0.15, 0.2) is 83.0 Å². The molecule has 0 amide bonds. The van der Waals surface area contributed by atoms with Crippen molar-refractivity contribution in [3.63, 3.8) is 0 Å². The van der Waals surface area contributed by atoms with Crippen molar-refractivity contribution >= 4 is 6.08 Å². The molecule has 2 aromatic rings. The zero-order valence-electron chi connectivity index (χ0n) is 18.8. The molecule has 0 fully saturated rings. The number of benzene rings is 2. The maximum Gasteiger partial charge on any atom is 0.0867 e. The molecule has 2 atom stereocenters. The molecule has 2 unspecified atom stereocenters. The van der Waals surface area contributed by atoms with E-state index in [-0.39, 0.29) is 11.3 Å². The first kappa shape index (κ1) is 20.9. The molecule has 2 aliphatic carbocycles. The highest BCUT2D eigenvalue weighted by molar-refractivity contribution is 5.71. The predicted molar refractivity (Wildman–Crippen MR) is 127 cm³/mol. The molecule has 0 saturated carbocycles. The van der Waals surface area contributed by atoms with E-state index in [2.05, 4.69) is 76.2 Å². The third-order valence-electron chi connectivity index (χ3n) is 7.31. The lowest BCUT2D eigenvalue weighted by atomic mass is 9.56. The Bertz CT molecular complexity index is 978. The van der Waals surface area contributed by atoms with Crippen molar-refractivity contribution in [2.75, 3.05) is 0 Å². The molecular weight excluding hydrogens is 364 g/mol. The van der Waals surface area contributed by atoms with Crippen LogP contribution >= 0.6 is 0 Å². The van der Waals surface area contributed by atoms with Gasteiger partial charge in [-0.3, -0.25) is 0 Å². The van der Waals surface area contributed by atoms with Crippen molar-refractivity contribution in [3.8, 4) is 0 Å². The molecule has 2 aliphatic rings. The van der Waals surface area contributed by atoms with Crippen molar-refractivity contribution in [1.82, 2.24) is 0 Å². The Balaban J connectivity index is 2.06. The van der Waals surface area contributed by atoms with Gasteiger partial charge in [0.2, 0.25) is 0 Å². The first-order chi connectivity index (χ1) is 14.6. The molecule has 0 aromatic heterocycles. The number of allylic oxidation sites excluding steroid dienone is 4. The molecular formula is C29H34O. The first-order valence-electron chi connectivity index (χ1n) is 11.6. The van der Waals surface area contributed by atoms with Gasteiger partial charge in [-0.1, -0.05) is 106 Å². The van der Waals surface area contributed by atoms with Gasteiger partial charge in [-0.2, -0.15) is 0 Å². The fraction of sp³-hybridized carbons (Fsp3) is 0.379. The quantitative estimate of drug-likeness (QED) is 0.532. The van der Waals surface area contributed by atoms with Gasteiger partial charge in [-0.05, 0) is 53.5 Å². The number of aliphatic hydroxyl groups excluding tert-OH is 1. The van der Waals surface area contributed by atoms with E-state index in [9.17, 15) is 5.11 Å². The maximum absolute atomic E-state index is 11.7. The minimum absolute atomic E-state index is 0.00898. The Hall–Kier alpha value is -2.38. The molecule has 0 aliphatic heterocycles. The summed E-state index contributed by atoms with van der Waals surface area (Å²) in [4.78, 5) is 0. The van der Waals surface area contributed by atoms with Crippen LogP contribution in [0.1, 0.15) is 76.2 Å². The second-order valence-electron chi connectivity index (χ2n) is 8.46. The van der Waals surface area contributed by atoms with Gasteiger partial charge in [0.05, 0.1) is 6.10 Å². The number of fused-ring (bicyclic) bond motifs is 2. The van der Waals surface area contributed by atoms with Gasteiger partial charge >= 0.3 is 0 Å². The van der Waals surface area contributed by atoms with Crippen molar-refractivity contribution < 1.29 is 5.11 Å². The topological polar surface area (TPSA) is 20.2 Å². The van der Waals surface area contributed by atoms with Gasteiger partial charge in [0.1, 0.15) is 0 Å². The molecule has 1 spiro atoms. The summed E-state index contributed by atoms with van der Waals surface area (Å²) < 4.78 is 0. The monoisotopic (exact) mass is 398 g/mol. The number of rotatable bonds is 6. The van der Waals surface area contributed by atoms with Crippen molar-refractivity contribution in [2.45, 2.75) is 64.9 Å². The zero-order chi connectivity index (χ0) is 21.3. The lowest BCUT2D eigenvalue weighted by Crippen LogP contribution is -2.42. The van der Waals surface area contributed by atoms with Gasteiger partial charge < -0.3 is 5.11 Å². The second kappa shape index (κ2) is 8.40. The van der Waals surface area contributed by atoms with Crippen LogP contribution in [0.2, 0.25) is 0 Å². The minimum atomic E-state index is -0.548. The number of hydrogen-bond donors (Lipinski definition) is 1. The summed E-state index contributed by atoms with van der Waals surface area (Å²) in [5.41, 5.74) is 9.53. The molecule has 1 nitrogen and oxygen atoms in total. The van der Waals surface area contributed by atoms with Crippen LogP contribution in [-0.4, -0.2) is 5.11 Å². The SMILES string of the molecule is CCC1=C(CC)C2(C(CC)=C1CC)c1ccccc1C=CC2C(O)c1ccccc1. The van der Waals surface area contributed by atoms with Gasteiger partial charge in [0.15, 0.2) is 0 Å². The van der Waals surface area contributed by atoms with Crippen LogP contribution in [0.4, 0.5) is 0 Å². The van der Waals surface area contributed by atoms with Gasteiger partial charge in [-0.15, -0.1) is 0 Å². The highest BCUT2D eigenvalue weighted by Gasteiger charge is 2.53. The highest BCUT2D eigenvalue weighted by atomic mass is 16.3. The summed E-state index contributed by atoms with van der Waals surface area (Å²) in [6.45, 7) is 9.18. The van der Waals surface area contributed by atoms with E-state index >= 15 is 0 Å². The maximum atomic E-state index is 11.7. The van der Waals surface area contributed by atoms with E-state index in [0.717, 1.165) is 31.2 Å². The van der Waals surface area contributed by atoms with E-state index < -0.39 is 6.10 Å². The largest absolute Gasteiger partial charge is 0.388 e. The molecule has 4 rings (SSSR count). The lowest BCUT2D eigenvalue weighted by molar-refractivity contribution is 0.102. The lowest BCUT2D eigenvalue weighted by Gasteiger charge is -2.47. The molecule has 0 bridgehead atoms. The third-order valence-corrected chi connectivity index (χ3v) is 7.31. The summed E-state index contributed by atoms with van der Waals surface area (Å²) in [6, 6.07) is 19.0. The zero-order valence-corrected chi connectivity index (χ0v) is 18.8. The Morgan fingerprint density at radius 2 is 1.33 bits per heavy atom. The van der Waals surface area contributed by atoms with Crippen LogP contribution in [0.5, 0.6) is 0 Å². The van der Waals surface area contributed by atoms with Crippen molar-refractivity contribution in [3.05, 3.63) is 99.7 Å². The average Bonchev–Trinajstić information content (AvgIpc) is 3.08. The van der Waals surface area contributed by atoms with Crippen LogP contribution in [-0.2, 0) is 5.41 Å². The molecule has 0 heterocycles. The summed E-state index contributed by atoms with van der Waals surface area (Å²) in [5, 5.41) is 11.7. The van der Waals surface area contributed by atoms with Gasteiger partial charge in [0.25, 0.3) is 0 Å². The Labute approximate surface area is 181 Å². The summed E-state index contributed by atoms with van der Waals surface area (Å²) in [6.07, 6.45) is 8.10. The van der Waals surface area contributed by atoms with Gasteiger partial charge in [-0.25, -0.2) is 0 Å². The Morgan fingerprint density at radius 1 is 0.767 bits per heavy atom. The summed E-state index contributed by atoms with van der Waals surface area (Å²) in [5.74, 6) is -0.00898. The van der Waals surface area contributed by atoms with Crippen LogP contribution in [0, 0.1) is 5.92 Å². The Morgan fingerprint density at radius 3 is 1.90 bits per heavy atom. The fourth-order valence-corrected chi connectivity index (χ4v) is 6.32. The Kier molecular flexibility index (Phi) is 5.84. The molecule has 2 aromatic carbocycles. The highest BCUT2D eigenvalue weighted by Crippen LogP contribution is 2.61.